The maximum atomic E-state index is 9.98. The first-order chi connectivity index (χ1) is 9.17. The van der Waals surface area contributed by atoms with Crippen LogP contribution in [0.5, 0.6) is 0 Å². The molecule has 20 heavy (non-hydrogen) atoms. The van der Waals surface area contributed by atoms with Crippen LogP contribution in [0.25, 0.3) is 0 Å². The summed E-state index contributed by atoms with van der Waals surface area (Å²) >= 11 is 0. The van der Waals surface area contributed by atoms with Crippen LogP contribution >= 0.6 is 0 Å². The molecule has 3 nitrogen and oxygen atoms in total. The van der Waals surface area contributed by atoms with E-state index < -0.39 is 11.2 Å². The van der Waals surface area contributed by atoms with Crippen LogP contribution in [0.3, 0.4) is 0 Å². The molecule has 0 aliphatic carbocycles. The van der Waals surface area contributed by atoms with E-state index in [1.807, 2.05) is 13.8 Å². The summed E-state index contributed by atoms with van der Waals surface area (Å²) in [5.74, 6) is 2.84. The highest BCUT2D eigenvalue weighted by molar-refractivity contribution is 6.68. The minimum Gasteiger partial charge on any atom is -0.433 e. The van der Waals surface area contributed by atoms with Crippen LogP contribution < -0.4 is 0 Å². The van der Waals surface area contributed by atoms with Crippen molar-refractivity contribution in [3.8, 4) is 5.97 Å². The summed E-state index contributed by atoms with van der Waals surface area (Å²) < 4.78 is 5.68. The zero-order valence-electron chi connectivity index (χ0n) is 13.3. The Hall–Kier alpha value is -0.720. The van der Waals surface area contributed by atoms with Crippen molar-refractivity contribution >= 4 is 14.2 Å². The lowest BCUT2D eigenvalue weighted by molar-refractivity contribution is -0.0904. The second-order valence-corrected chi connectivity index (χ2v) is 6.91. The van der Waals surface area contributed by atoms with E-state index in [1.165, 1.54) is 5.57 Å². The molecule has 109 valence electrons. The molecule has 1 radical (unpaired) electrons. The zero-order chi connectivity index (χ0) is 15.4. The van der Waals surface area contributed by atoms with Gasteiger partial charge in [0, 0.05) is 5.97 Å². The normalized spacial score (nSPS) is 20.1. The highest BCUT2D eigenvalue weighted by Gasteiger charge is 2.35. The van der Waals surface area contributed by atoms with Crippen molar-refractivity contribution in [1.29, 1.82) is 5.26 Å². The van der Waals surface area contributed by atoms with Crippen LogP contribution in [-0.2, 0) is 4.65 Å². The molecule has 1 N–H and O–H groups in total. The quantitative estimate of drug-likeness (QED) is 0.441. The lowest BCUT2D eigenvalue weighted by atomic mass is 9.49. The van der Waals surface area contributed by atoms with E-state index in [4.69, 9.17) is 9.92 Å². The summed E-state index contributed by atoms with van der Waals surface area (Å²) in [6.45, 7) is 11.5. The molecule has 0 saturated carbocycles. The Bertz CT molecular complexity index is 382. The molecule has 0 amide bonds. The maximum absolute atomic E-state index is 9.98. The zero-order valence-corrected chi connectivity index (χ0v) is 13.3. The largest absolute Gasteiger partial charge is 0.433 e. The van der Waals surface area contributed by atoms with Gasteiger partial charge in [-0.05, 0) is 46.4 Å². The third kappa shape index (κ3) is 4.68. The van der Waals surface area contributed by atoms with Crippen molar-refractivity contribution in [3.63, 3.8) is 0 Å². The predicted molar refractivity (Wildman–Crippen MR) is 84.9 cm³/mol. The number of aliphatic hydroxyl groups is 1. The summed E-state index contributed by atoms with van der Waals surface area (Å²) in [6, 6.07) is 0. The van der Waals surface area contributed by atoms with E-state index in [0.717, 1.165) is 31.8 Å². The maximum Gasteiger partial charge on any atom is 0.293 e. The van der Waals surface area contributed by atoms with Gasteiger partial charge in [0.15, 0.2) is 0 Å². The number of nitriles is 1. The van der Waals surface area contributed by atoms with Gasteiger partial charge in [0.2, 0.25) is 0 Å². The molecule has 0 aromatic rings. The van der Waals surface area contributed by atoms with Gasteiger partial charge in [-0.25, -0.2) is 5.26 Å². The Morgan fingerprint density at radius 2 is 2.15 bits per heavy atom. The molecule has 0 bridgehead atoms. The third-order valence-electron chi connectivity index (χ3n) is 4.56. The first kappa shape index (κ1) is 17.3. The Kier molecular flexibility index (Phi) is 5.91. The fourth-order valence-electron chi connectivity index (χ4n) is 2.36. The number of allylic oxidation sites excluding steroid dienone is 1. The highest BCUT2D eigenvalue weighted by atomic mass is 16.5. The van der Waals surface area contributed by atoms with E-state index in [1.54, 1.807) is 21.3 Å². The summed E-state index contributed by atoms with van der Waals surface area (Å²) in [7, 11) is 1.80. The van der Waals surface area contributed by atoms with Gasteiger partial charge in [-0.15, -0.1) is 6.58 Å². The van der Waals surface area contributed by atoms with Gasteiger partial charge in [0.25, 0.3) is 14.2 Å². The Balaban J connectivity index is 2.21. The Labute approximate surface area is 124 Å². The van der Waals surface area contributed by atoms with E-state index in [0.29, 0.717) is 5.92 Å². The smallest absolute Gasteiger partial charge is 0.293 e. The highest BCUT2D eigenvalue weighted by Crippen LogP contribution is 2.34. The van der Waals surface area contributed by atoms with Crippen molar-refractivity contribution in [2.45, 2.75) is 70.7 Å². The molecule has 1 saturated heterocycles. The molecule has 0 spiro atoms. The Morgan fingerprint density at radius 3 is 2.65 bits per heavy atom. The van der Waals surface area contributed by atoms with Crippen LogP contribution in [0.2, 0.25) is 19.0 Å². The van der Waals surface area contributed by atoms with Crippen molar-refractivity contribution in [2.24, 2.45) is 5.92 Å². The van der Waals surface area contributed by atoms with E-state index in [2.05, 4.69) is 12.5 Å². The summed E-state index contributed by atoms with van der Waals surface area (Å²) in [6.07, 6.45) is 4.79. The Morgan fingerprint density at radius 1 is 1.50 bits per heavy atom. The van der Waals surface area contributed by atoms with E-state index >= 15 is 0 Å². The molecule has 1 rings (SSSR count). The molecule has 1 fully saturated rings. The SMILES string of the molecule is C=C1CB(C#N)CC1CCC[B]OC(C)(C)C(C)(C)O. The molecule has 5 heteroatoms. The van der Waals surface area contributed by atoms with Gasteiger partial charge in [0.05, 0.1) is 11.2 Å². The average molecular weight is 274 g/mol. The number of rotatable bonds is 7. The van der Waals surface area contributed by atoms with Gasteiger partial charge >= 0.3 is 0 Å². The minimum atomic E-state index is -0.872. The lowest BCUT2D eigenvalue weighted by Gasteiger charge is -2.37. The summed E-state index contributed by atoms with van der Waals surface area (Å²) in [5, 5.41) is 18.9. The van der Waals surface area contributed by atoms with Crippen LogP contribution in [0.15, 0.2) is 12.2 Å². The van der Waals surface area contributed by atoms with Crippen LogP contribution in [-0.4, -0.2) is 30.5 Å². The minimum absolute atomic E-state index is 0.168. The summed E-state index contributed by atoms with van der Waals surface area (Å²) in [4.78, 5) is 0. The van der Waals surface area contributed by atoms with Crippen molar-refractivity contribution in [1.82, 2.24) is 0 Å². The molecule has 1 unspecified atom stereocenters. The summed E-state index contributed by atoms with van der Waals surface area (Å²) in [5.41, 5.74) is -0.228. The molecular weight excluding hydrogens is 248 g/mol. The van der Waals surface area contributed by atoms with Gasteiger partial charge in [0.1, 0.15) is 0 Å². The number of hydrogen-bond acceptors (Lipinski definition) is 3. The third-order valence-corrected chi connectivity index (χ3v) is 4.56. The van der Waals surface area contributed by atoms with Gasteiger partial charge in [-0.2, -0.15) is 0 Å². The fraction of sp³-hybridized carbons (Fsp3) is 0.800. The van der Waals surface area contributed by atoms with E-state index in [9.17, 15) is 5.11 Å². The topological polar surface area (TPSA) is 53.2 Å². The molecule has 1 atom stereocenters. The van der Waals surface area contributed by atoms with Crippen molar-refractivity contribution in [2.75, 3.05) is 0 Å². The monoisotopic (exact) mass is 274 g/mol. The van der Waals surface area contributed by atoms with E-state index in [-0.39, 0.29) is 6.71 Å². The van der Waals surface area contributed by atoms with Gasteiger partial charge in [-0.3, -0.25) is 0 Å². The second-order valence-electron chi connectivity index (χ2n) is 6.91. The second kappa shape index (κ2) is 6.82. The average Bonchev–Trinajstić information content (AvgIpc) is 2.68. The van der Waals surface area contributed by atoms with Gasteiger partial charge in [-0.1, -0.05) is 24.6 Å². The predicted octanol–water partition coefficient (Wildman–Crippen LogP) is 3.11. The van der Waals surface area contributed by atoms with Crippen LogP contribution in [0, 0.1) is 17.1 Å². The first-order valence-corrected chi connectivity index (χ1v) is 7.46. The molecule has 1 aliphatic rings. The molecular formula is C15H26B2NO2. The molecule has 1 heterocycles. The first-order valence-electron chi connectivity index (χ1n) is 7.46. The van der Waals surface area contributed by atoms with Crippen molar-refractivity contribution < 1.29 is 9.76 Å². The van der Waals surface area contributed by atoms with Crippen LogP contribution in [0.1, 0.15) is 40.5 Å². The van der Waals surface area contributed by atoms with Gasteiger partial charge < -0.3 is 9.76 Å². The lowest BCUT2D eigenvalue weighted by Crippen LogP contribution is -2.47. The number of hydrogen-bond donors (Lipinski definition) is 1. The molecule has 0 aromatic heterocycles. The standard InChI is InChI=1S/C15H26B2NO2/c1-12-9-17(11-18)10-13(12)7-6-8-16-20-15(4,5)14(2,3)19/h13,19H,1,6-10H2,2-5H3. The molecule has 1 aliphatic heterocycles. The van der Waals surface area contributed by atoms with Crippen molar-refractivity contribution in [3.05, 3.63) is 12.2 Å². The van der Waals surface area contributed by atoms with Crippen LogP contribution in [0.4, 0.5) is 0 Å². The fourth-order valence-corrected chi connectivity index (χ4v) is 2.36. The number of nitrogens with zero attached hydrogens (tertiary/aromatic N) is 1. The molecule has 0 aromatic carbocycles.